The van der Waals surface area contributed by atoms with Crippen LogP contribution in [-0.2, 0) is 16.1 Å². The van der Waals surface area contributed by atoms with Crippen LogP contribution in [0.3, 0.4) is 0 Å². The van der Waals surface area contributed by atoms with Crippen molar-refractivity contribution in [3.63, 3.8) is 0 Å². The van der Waals surface area contributed by atoms with Gasteiger partial charge in [0.25, 0.3) is 5.91 Å². The number of amides is 1. The Labute approximate surface area is 93.6 Å². The normalized spacial score (nSPS) is 9.94. The first-order valence-electron chi connectivity index (χ1n) is 4.97. The summed E-state index contributed by atoms with van der Waals surface area (Å²) in [5, 5.41) is 6.60. The Morgan fingerprint density at radius 3 is 2.75 bits per heavy atom. The van der Waals surface area contributed by atoms with Crippen LogP contribution in [0.5, 0.6) is 0 Å². The first-order chi connectivity index (χ1) is 7.58. The van der Waals surface area contributed by atoms with Crippen LogP contribution in [0, 0.1) is 6.92 Å². The Kier molecular flexibility index (Phi) is 4.04. The van der Waals surface area contributed by atoms with Crippen molar-refractivity contribution in [2.45, 2.75) is 20.4 Å². The monoisotopic (exact) mass is 225 g/mol. The van der Waals surface area contributed by atoms with Gasteiger partial charge in [-0.05, 0) is 13.8 Å². The lowest BCUT2D eigenvalue weighted by molar-refractivity contribution is -0.139. The van der Waals surface area contributed by atoms with E-state index in [0.717, 1.165) is 0 Å². The van der Waals surface area contributed by atoms with Gasteiger partial charge in [0.1, 0.15) is 6.54 Å². The number of ether oxygens (including phenoxy) is 1. The van der Waals surface area contributed by atoms with Gasteiger partial charge in [-0.15, -0.1) is 0 Å². The molecule has 0 bridgehead atoms. The summed E-state index contributed by atoms with van der Waals surface area (Å²) in [4.78, 5) is 22.5. The van der Waals surface area contributed by atoms with Crippen molar-refractivity contribution < 1.29 is 14.3 Å². The molecule has 6 heteroatoms. The summed E-state index contributed by atoms with van der Waals surface area (Å²) in [6, 6.07) is 0. The van der Waals surface area contributed by atoms with Gasteiger partial charge in [-0.2, -0.15) is 5.10 Å². The molecule has 0 aliphatic heterocycles. The molecule has 0 atom stereocenters. The summed E-state index contributed by atoms with van der Waals surface area (Å²) in [5.74, 6) is -0.795. The molecule has 0 spiro atoms. The van der Waals surface area contributed by atoms with Crippen LogP contribution >= 0.6 is 0 Å². The van der Waals surface area contributed by atoms with E-state index in [1.807, 2.05) is 6.92 Å². The highest BCUT2D eigenvalue weighted by Gasteiger charge is 2.13. The van der Waals surface area contributed by atoms with Crippen LogP contribution < -0.4 is 5.32 Å². The summed E-state index contributed by atoms with van der Waals surface area (Å²) in [6.07, 6.45) is 1.65. The van der Waals surface area contributed by atoms with E-state index in [-0.39, 0.29) is 12.5 Å². The number of rotatable bonds is 4. The average molecular weight is 225 g/mol. The lowest BCUT2D eigenvalue weighted by atomic mass is 10.2. The number of nitrogens with zero attached hydrogens (tertiary/aromatic N) is 2. The molecule has 0 unspecified atom stereocenters. The Morgan fingerprint density at radius 1 is 1.56 bits per heavy atom. The van der Waals surface area contributed by atoms with Gasteiger partial charge in [0.2, 0.25) is 0 Å². The third-order valence-electron chi connectivity index (χ3n) is 2.14. The minimum absolute atomic E-state index is 0.133. The van der Waals surface area contributed by atoms with E-state index in [1.54, 1.807) is 17.8 Å². The average Bonchev–Trinajstić information content (AvgIpc) is 2.67. The number of aromatic nitrogens is 2. The second kappa shape index (κ2) is 5.29. The van der Waals surface area contributed by atoms with Gasteiger partial charge in [-0.1, -0.05) is 0 Å². The lowest BCUT2D eigenvalue weighted by Crippen LogP contribution is -2.30. The summed E-state index contributed by atoms with van der Waals surface area (Å²) >= 11 is 0. The number of nitrogens with one attached hydrogen (secondary N) is 1. The topological polar surface area (TPSA) is 73.2 Å². The van der Waals surface area contributed by atoms with Gasteiger partial charge in [0, 0.05) is 12.7 Å². The molecule has 16 heavy (non-hydrogen) atoms. The molecule has 1 N–H and O–H groups in total. The summed E-state index contributed by atoms with van der Waals surface area (Å²) in [6.45, 7) is 4.25. The Hall–Kier alpha value is -1.85. The number of hydrogen-bond acceptors (Lipinski definition) is 4. The third kappa shape index (κ3) is 2.82. The molecule has 0 aromatic carbocycles. The second-order valence-corrected chi connectivity index (χ2v) is 3.24. The zero-order chi connectivity index (χ0) is 12.1. The van der Waals surface area contributed by atoms with Gasteiger partial charge in [-0.3, -0.25) is 14.3 Å². The fourth-order valence-corrected chi connectivity index (χ4v) is 1.22. The second-order valence-electron chi connectivity index (χ2n) is 3.24. The maximum absolute atomic E-state index is 11.6. The van der Waals surface area contributed by atoms with E-state index in [2.05, 4.69) is 15.2 Å². The minimum atomic E-state index is -0.478. The highest BCUT2D eigenvalue weighted by Crippen LogP contribution is 2.04. The zero-order valence-electron chi connectivity index (χ0n) is 9.61. The predicted molar refractivity (Wildman–Crippen MR) is 57.0 cm³/mol. The van der Waals surface area contributed by atoms with Crippen LogP contribution in [0.4, 0.5) is 0 Å². The Balaban J connectivity index is 2.65. The summed E-state index contributed by atoms with van der Waals surface area (Å²) in [5.41, 5.74) is 1.12. The van der Waals surface area contributed by atoms with Crippen LogP contribution in [0.2, 0.25) is 0 Å². The molecule has 0 fully saturated rings. The molecular formula is C10H15N3O3. The smallest absolute Gasteiger partial charge is 0.325 e. The van der Waals surface area contributed by atoms with Gasteiger partial charge < -0.3 is 10.1 Å². The molecule has 1 rings (SSSR count). The molecule has 0 aliphatic rings. The van der Waals surface area contributed by atoms with Gasteiger partial charge in [0.15, 0.2) is 0 Å². The molecule has 0 saturated carbocycles. The lowest BCUT2D eigenvalue weighted by Gasteiger charge is -2.01. The van der Waals surface area contributed by atoms with Crippen molar-refractivity contribution in [1.29, 1.82) is 0 Å². The van der Waals surface area contributed by atoms with Gasteiger partial charge in [0.05, 0.1) is 18.4 Å². The van der Waals surface area contributed by atoms with E-state index < -0.39 is 5.97 Å². The number of methoxy groups -OCH3 is 1. The Morgan fingerprint density at radius 2 is 2.25 bits per heavy atom. The van der Waals surface area contributed by atoms with Gasteiger partial charge in [-0.25, -0.2) is 0 Å². The molecule has 1 aromatic rings. The maximum Gasteiger partial charge on any atom is 0.325 e. The molecule has 1 amide bonds. The SMILES string of the molecule is CCn1cc(C(=O)NCC(=O)OC)c(C)n1. The van der Waals surface area contributed by atoms with E-state index in [9.17, 15) is 9.59 Å². The van der Waals surface area contributed by atoms with Gasteiger partial charge >= 0.3 is 5.97 Å². The van der Waals surface area contributed by atoms with E-state index in [0.29, 0.717) is 17.8 Å². The number of esters is 1. The van der Waals surface area contributed by atoms with Crippen molar-refractivity contribution in [2.24, 2.45) is 0 Å². The first kappa shape index (κ1) is 12.2. The van der Waals surface area contributed by atoms with Crippen molar-refractivity contribution >= 4 is 11.9 Å². The number of carbonyl (C=O) groups excluding carboxylic acids is 2. The van der Waals surface area contributed by atoms with Crippen molar-refractivity contribution in [1.82, 2.24) is 15.1 Å². The van der Waals surface area contributed by atoms with Crippen molar-refractivity contribution in [3.05, 3.63) is 17.5 Å². The standard InChI is InChI=1S/C10H15N3O3/c1-4-13-6-8(7(2)12-13)10(15)11-5-9(14)16-3/h6H,4-5H2,1-3H3,(H,11,15). The maximum atomic E-state index is 11.6. The fraction of sp³-hybridized carbons (Fsp3) is 0.500. The zero-order valence-corrected chi connectivity index (χ0v) is 9.61. The predicted octanol–water partition coefficient (Wildman–Crippen LogP) is 0.114. The third-order valence-corrected chi connectivity index (χ3v) is 2.14. The van der Waals surface area contributed by atoms with Crippen LogP contribution in [0.25, 0.3) is 0 Å². The molecular weight excluding hydrogens is 210 g/mol. The Bertz CT molecular complexity index is 398. The summed E-state index contributed by atoms with van der Waals surface area (Å²) in [7, 11) is 1.27. The van der Waals surface area contributed by atoms with Crippen molar-refractivity contribution in [3.8, 4) is 0 Å². The van der Waals surface area contributed by atoms with E-state index in [4.69, 9.17) is 0 Å². The molecule has 0 aliphatic carbocycles. The fourth-order valence-electron chi connectivity index (χ4n) is 1.22. The number of aryl methyl sites for hydroxylation is 2. The molecule has 0 saturated heterocycles. The number of carbonyl (C=O) groups is 2. The molecule has 0 radical (unpaired) electrons. The minimum Gasteiger partial charge on any atom is -0.468 e. The molecule has 88 valence electrons. The van der Waals surface area contributed by atoms with Crippen molar-refractivity contribution in [2.75, 3.05) is 13.7 Å². The largest absolute Gasteiger partial charge is 0.468 e. The number of hydrogen-bond donors (Lipinski definition) is 1. The molecule has 6 nitrogen and oxygen atoms in total. The van der Waals surface area contributed by atoms with Crippen LogP contribution in [0.15, 0.2) is 6.20 Å². The highest BCUT2D eigenvalue weighted by atomic mass is 16.5. The van der Waals surface area contributed by atoms with Crippen LogP contribution in [0.1, 0.15) is 23.0 Å². The quantitative estimate of drug-likeness (QED) is 0.738. The van der Waals surface area contributed by atoms with Crippen LogP contribution in [-0.4, -0.2) is 35.3 Å². The van der Waals surface area contributed by atoms with E-state index in [1.165, 1.54) is 7.11 Å². The molecule has 1 aromatic heterocycles. The first-order valence-corrected chi connectivity index (χ1v) is 4.97. The molecule has 1 heterocycles. The van der Waals surface area contributed by atoms with E-state index >= 15 is 0 Å². The highest BCUT2D eigenvalue weighted by molar-refractivity contribution is 5.96. The summed E-state index contributed by atoms with van der Waals surface area (Å²) < 4.78 is 6.09.